The van der Waals surface area contributed by atoms with Crippen molar-refractivity contribution < 1.29 is 4.79 Å². The number of likely N-dealkylation sites (N-methyl/N-ethyl adjacent to an activating group) is 1. The summed E-state index contributed by atoms with van der Waals surface area (Å²) in [5, 5.41) is 3.30. The Morgan fingerprint density at radius 1 is 1.42 bits per heavy atom. The molecular weight excluding hydrogens is 304 g/mol. The number of hydrogen-bond donors (Lipinski definition) is 1. The minimum Gasteiger partial charge on any atom is -0.345 e. The molecule has 1 amide bonds. The average Bonchev–Trinajstić information content (AvgIpc) is 2.46. The third kappa shape index (κ3) is 4.32. The Balaban J connectivity index is 1.81. The van der Waals surface area contributed by atoms with Crippen molar-refractivity contribution in [1.29, 1.82) is 0 Å². The first-order valence-corrected chi connectivity index (χ1v) is 7.66. The summed E-state index contributed by atoms with van der Waals surface area (Å²) in [6.07, 6.45) is 3.04. The number of hydrogen-bond acceptors (Lipinski definition) is 2. The summed E-state index contributed by atoms with van der Waals surface area (Å²) in [4.78, 5) is 14.1. The quantitative estimate of drug-likeness (QED) is 0.922. The van der Waals surface area contributed by atoms with Gasteiger partial charge >= 0.3 is 0 Å². The fourth-order valence-corrected chi connectivity index (χ4v) is 2.70. The molecule has 1 atom stereocenters. The maximum Gasteiger partial charge on any atom is 0.226 e. The number of piperidine rings is 1. The molecule has 0 spiro atoms. The molecule has 0 aromatic heterocycles. The van der Waals surface area contributed by atoms with E-state index in [4.69, 9.17) is 0 Å². The molecule has 1 aromatic rings. The Hall–Kier alpha value is -0.870. The summed E-state index contributed by atoms with van der Waals surface area (Å²) in [6.45, 7) is 2.67. The van der Waals surface area contributed by atoms with E-state index in [0.717, 1.165) is 43.4 Å². The van der Waals surface area contributed by atoms with E-state index in [1.807, 2.05) is 24.1 Å². The van der Waals surface area contributed by atoms with E-state index < -0.39 is 0 Å². The Labute approximate surface area is 123 Å². The molecule has 3 nitrogen and oxygen atoms in total. The number of halogens is 1. The number of nitrogens with zero attached hydrogens (tertiary/aromatic N) is 1. The van der Waals surface area contributed by atoms with E-state index in [2.05, 4.69) is 33.4 Å². The van der Waals surface area contributed by atoms with Gasteiger partial charge in [-0.15, -0.1) is 0 Å². The third-order valence-electron chi connectivity index (χ3n) is 3.67. The first kappa shape index (κ1) is 14.5. The predicted molar refractivity (Wildman–Crippen MR) is 81.1 cm³/mol. The molecule has 1 aromatic carbocycles. The summed E-state index contributed by atoms with van der Waals surface area (Å²) in [5.41, 5.74) is 1.27. The van der Waals surface area contributed by atoms with Gasteiger partial charge in [0, 0.05) is 24.6 Å². The molecule has 104 valence electrons. The van der Waals surface area contributed by atoms with Crippen LogP contribution >= 0.6 is 15.9 Å². The minimum absolute atomic E-state index is 0.170. The molecule has 0 radical (unpaired) electrons. The topological polar surface area (TPSA) is 32.3 Å². The number of amides is 1. The highest BCUT2D eigenvalue weighted by Crippen LogP contribution is 2.14. The van der Waals surface area contributed by atoms with Crippen LogP contribution in [0.3, 0.4) is 0 Å². The summed E-state index contributed by atoms with van der Waals surface area (Å²) in [7, 11) is 1.91. The van der Waals surface area contributed by atoms with Crippen molar-refractivity contribution in [1.82, 2.24) is 10.2 Å². The van der Waals surface area contributed by atoms with Gasteiger partial charge < -0.3 is 10.2 Å². The second-order valence-corrected chi connectivity index (χ2v) is 6.10. The van der Waals surface area contributed by atoms with Gasteiger partial charge in [0.15, 0.2) is 0 Å². The summed E-state index contributed by atoms with van der Waals surface area (Å²) < 4.78 is 1.09. The molecule has 2 rings (SSSR count). The van der Waals surface area contributed by atoms with Crippen LogP contribution in [0.15, 0.2) is 28.7 Å². The summed E-state index contributed by atoms with van der Waals surface area (Å²) >= 11 is 3.43. The number of nitrogens with one attached hydrogen (secondary N) is 1. The molecule has 1 saturated heterocycles. The SMILES string of the molecule is CN(CCc1ccc(Br)cc1)C(=O)C1CCCNC1. The molecule has 1 heterocycles. The van der Waals surface area contributed by atoms with Gasteiger partial charge in [0.2, 0.25) is 5.91 Å². The van der Waals surface area contributed by atoms with Crippen LogP contribution in [0.2, 0.25) is 0 Å². The fraction of sp³-hybridized carbons (Fsp3) is 0.533. The molecule has 1 fully saturated rings. The zero-order valence-corrected chi connectivity index (χ0v) is 12.9. The van der Waals surface area contributed by atoms with E-state index in [0.29, 0.717) is 0 Å². The van der Waals surface area contributed by atoms with Gasteiger partial charge in [0.1, 0.15) is 0 Å². The molecule has 1 aliphatic rings. The largest absolute Gasteiger partial charge is 0.345 e. The van der Waals surface area contributed by atoms with E-state index in [9.17, 15) is 4.79 Å². The van der Waals surface area contributed by atoms with Crippen molar-refractivity contribution in [2.75, 3.05) is 26.7 Å². The van der Waals surface area contributed by atoms with Gasteiger partial charge in [-0.2, -0.15) is 0 Å². The smallest absolute Gasteiger partial charge is 0.226 e. The van der Waals surface area contributed by atoms with Crippen LogP contribution in [0, 0.1) is 5.92 Å². The van der Waals surface area contributed by atoms with E-state index >= 15 is 0 Å². The Morgan fingerprint density at radius 3 is 2.79 bits per heavy atom. The Kier molecular flexibility index (Phi) is 5.40. The van der Waals surface area contributed by atoms with Crippen molar-refractivity contribution in [2.24, 2.45) is 5.92 Å². The van der Waals surface area contributed by atoms with Gasteiger partial charge in [0.05, 0.1) is 5.92 Å². The maximum atomic E-state index is 12.3. The lowest BCUT2D eigenvalue weighted by Crippen LogP contribution is -2.42. The average molecular weight is 325 g/mol. The van der Waals surface area contributed by atoms with E-state index in [-0.39, 0.29) is 11.8 Å². The first-order valence-electron chi connectivity index (χ1n) is 6.87. The summed E-state index contributed by atoms with van der Waals surface area (Å²) in [6, 6.07) is 8.29. The number of rotatable bonds is 4. The second-order valence-electron chi connectivity index (χ2n) is 5.18. The lowest BCUT2D eigenvalue weighted by molar-refractivity contribution is -0.134. The maximum absolute atomic E-state index is 12.3. The highest BCUT2D eigenvalue weighted by molar-refractivity contribution is 9.10. The molecule has 4 heteroatoms. The lowest BCUT2D eigenvalue weighted by Gasteiger charge is -2.27. The molecule has 0 saturated carbocycles. The zero-order chi connectivity index (χ0) is 13.7. The van der Waals surface area contributed by atoms with Gasteiger partial charge in [-0.1, -0.05) is 28.1 Å². The molecule has 0 bridgehead atoms. The fourth-order valence-electron chi connectivity index (χ4n) is 2.43. The van der Waals surface area contributed by atoms with Crippen LogP contribution in [0.5, 0.6) is 0 Å². The third-order valence-corrected chi connectivity index (χ3v) is 4.20. The molecular formula is C15H21BrN2O. The predicted octanol–water partition coefficient (Wildman–Crippen LogP) is 2.45. The summed E-state index contributed by atoms with van der Waals surface area (Å²) in [5.74, 6) is 0.452. The molecule has 19 heavy (non-hydrogen) atoms. The number of carbonyl (C=O) groups excluding carboxylic acids is 1. The van der Waals surface area contributed by atoms with E-state index in [1.54, 1.807) is 0 Å². The highest BCUT2D eigenvalue weighted by atomic mass is 79.9. The van der Waals surface area contributed by atoms with Crippen molar-refractivity contribution in [3.63, 3.8) is 0 Å². The van der Waals surface area contributed by atoms with Crippen LogP contribution < -0.4 is 5.32 Å². The van der Waals surface area contributed by atoms with Gasteiger partial charge in [-0.05, 0) is 43.5 Å². The number of benzene rings is 1. The lowest BCUT2D eigenvalue weighted by atomic mass is 9.98. The highest BCUT2D eigenvalue weighted by Gasteiger charge is 2.23. The molecule has 0 aliphatic carbocycles. The van der Waals surface area contributed by atoms with Crippen LogP contribution in [-0.2, 0) is 11.2 Å². The normalized spacial score (nSPS) is 19.2. The van der Waals surface area contributed by atoms with Gasteiger partial charge in [-0.3, -0.25) is 4.79 Å². The number of carbonyl (C=O) groups is 1. The molecule has 1 unspecified atom stereocenters. The van der Waals surface area contributed by atoms with Crippen LogP contribution in [0.1, 0.15) is 18.4 Å². The Bertz CT molecular complexity index is 413. The van der Waals surface area contributed by atoms with E-state index in [1.165, 1.54) is 5.56 Å². The minimum atomic E-state index is 0.170. The van der Waals surface area contributed by atoms with Crippen LogP contribution in [0.25, 0.3) is 0 Å². The second kappa shape index (κ2) is 7.06. The van der Waals surface area contributed by atoms with Crippen molar-refractivity contribution in [3.8, 4) is 0 Å². The standard InChI is InChI=1S/C15H21BrN2O/c1-18(15(19)13-3-2-9-17-11-13)10-8-12-4-6-14(16)7-5-12/h4-7,13,17H,2-3,8-11H2,1H3. The Morgan fingerprint density at radius 2 is 2.16 bits per heavy atom. The van der Waals surface area contributed by atoms with Gasteiger partial charge in [0.25, 0.3) is 0 Å². The van der Waals surface area contributed by atoms with Crippen molar-refractivity contribution >= 4 is 21.8 Å². The first-order chi connectivity index (χ1) is 9.16. The van der Waals surface area contributed by atoms with Crippen LogP contribution in [0.4, 0.5) is 0 Å². The van der Waals surface area contributed by atoms with Gasteiger partial charge in [-0.25, -0.2) is 0 Å². The zero-order valence-electron chi connectivity index (χ0n) is 11.4. The monoisotopic (exact) mass is 324 g/mol. The van der Waals surface area contributed by atoms with Crippen molar-refractivity contribution in [2.45, 2.75) is 19.3 Å². The molecule has 1 N–H and O–H groups in total. The molecule has 1 aliphatic heterocycles. The van der Waals surface area contributed by atoms with Crippen molar-refractivity contribution in [3.05, 3.63) is 34.3 Å². The van der Waals surface area contributed by atoms with Crippen LogP contribution in [-0.4, -0.2) is 37.5 Å².